The van der Waals surface area contributed by atoms with Crippen LogP contribution in [0.15, 0.2) is 28.0 Å². The first-order valence-corrected chi connectivity index (χ1v) is 9.19. The molecule has 0 aliphatic heterocycles. The van der Waals surface area contributed by atoms with Gasteiger partial charge in [-0.05, 0) is 18.6 Å². The highest BCUT2D eigenvalue weighted by atomic mass is 19.1. The maximum absolute atomic E-state index is 14.0. The van der Waals surface area contributed by atoms with Gasteiger partial charge in [-0.25, -0.2) is 18.6 Å². The van der Waals surface area contributed by atoms with Crippen molar-refractivity contribution in [2.24, 2.45) is 14.1 Å². The normalized spacial score (nSPS) is 11.1. The molecular formula is C19H22F2N6O3. The van der Waals surface area contributed by atoms with Crippen molar-refractivity contribution in [3.8, 4) is 0 Å². The van der Waals surface area contributed by atoms with Gasteiger partial charge in [0.15, 0.2) is 22.8 Å². The zero-order chi connectivity index (χ0) is 22.2. The lowest BCUT2D eigenvalue weighted by Gasteiger charge is -2.16. The Labute approximate surface area is 170 Å². The van der Waals surface area contributed by atoms with Crippen LogP contribution in [-0.2, 0) is 25.4 Å². The number of carbonyl (C=O) groups excluding carboxylic acids is 1. The highest BCUT2D eigenvalue weighted by Gasteiger charge is 2.16. The molecule has 0 fully saturated rings. The summed E-state index contributed by atoms with van der Waals surface area (Å²) in [5.41, 5.74) is -0.574. The fraction of sp³-hybridized carbons (Fsp3) is 0.368. The largest absolute Gasteiger partial charge is 0.373 e. The molecular weight excluding hydrogens is 398 g/mol. The van der Waals surface area contributed by atoms with Gasteiger partial charge >= 0.3 is 5.69 Å². The van der Waals surface area contributed by atoms with Gasteiger partial charge in [0.2, 0.25) is 5.91 Å². The number of imidazole rings is 1. The third kappa shape index (κ3) is 3.82. The van der Waals surface area contributed by atoms with Crippen molar-refractivity contribution in [1.82, 2.24) is 18.7 Å². The Morgan fingerprint density at radius 1 is 1.13 bits per heavy atom. The fourth-order valence-corrected chi connectivity index (χ4v) is 3.26. The number of nitrogens with zero attached hydrogens (tertiary/aromatic N) is 5. The number of aryl methyl sites for hydroxylation is 2. The van der Waals surface area contributed by atoms with Gasteiger partial charge in [-0.3, -0.25) is 18.7 Å². The second-order valence-electron chi connectivity index (χ2n) is 7.15. The standard InChI is InChI=1S/C19H22F2N6O3/c1-24(2)15-12(20)8-11(9-13(15)21)23-14(28)6-5-7-27-10-22-17-16(27)18(29)26(4)19(30)25(17)3/h8-10H,5-7H2,1-4H3,(H,23,28). The van der Waals surface area contributed by atoms with Gasteiger partial charge < -0.3 is 14.8 Å². The maximum Gasteiger partial charge on any atom is 0.332 e. The summed E-state index contributed by atoms with van der Waals surface area (Å²) in [6.45, 7) is 0.305. The molecule has 0 aliphatic rings. The lowest BCUT2D eigenvalue weighted by molar-refractivity contribution is -0.116. The molecule has 9 nitrogen and oxygen atoms in total. The van der Waals surface area contributed by atoms with E-state index in [4.69, 9.17) is 0 Å². The van der Waals surface area contributed by atoms with E-state index in [1.807, 2.05) is 0 Å². The summed E-state index contributed by atoms with van der Waals surface area (Å²) in [5.74, 6) is -1.97. The van der Waals surface area contributed by atoms with E-state index in [1.54, 1.807) is 4.57 Å². The number of rotatable bonds is 6. The van der Waals surface area contributed by atoms with Crippen molar-refractivity contribution < 1.29 is 13.6 Å². The van der Waals surface area contributed by atoms with Gasteiger partial charge in [0, 0.05) is 46.8 Å². The molecule has 160 valence electrons. The van der Waals surface area contributed by atoms with Crippen LogP contribution in [0.25, 0.3) is 11.2 Å². The molecule has 30 heavy (non-hydrogen) atoms. The van der Waals surface area contributed by atoms with E-state index in [9.17, 15) is 23.2 Å². The molecule has 2 heterocycles. The van der Waals surface area contributed by atoms with Crippen molar-refractivity contribution in [2.75, 3.05) is 24.3 Å². The molecule has 3 aromatic rings. The van der Waals surface area contributed by atoms with Crippen molar-refractivity contribution >= 4 is 28.4 Å². The van der Waals surface area contributed by atoms with Gasteiger partial charge in [0.25, 0.3) is 5.56 Å². The second kappa shape index (κ2) is 8.09. The first-order valence-electron chi connectivity index (χ1n) is 9.19. The van der Waals surface area contributed by atoms with Gasteiger partial charge in [0.05, 0.1) is 6.33 Å². The highest BCUT2D eigenvalue weighted by Crippen LogP contribution is 2.25. The van der Waals surface area contributed by atoms with Crippen LogP contribution in [0, 0.1) is 11.6 Å². The van der Waals surface area contributed by atoms with Gasteiger partial charge in [-0.15, -0.1) is 0 Å². The molecule has 1 aromatic carbocycles. The van der Waals surface area contributed by atoms with Crippen LogP contribution < -0.4 is 21.5 Å². The Morgan fingerprint density at radius 3 is 2.37 bits per heavy atom. The zero-order valence-electron chi connectivity index (χ0n) is 17.1. The average Bonchev–Trinajstić information content (AvgIpc) is 3.07. The van der Waals surface area contributed by atoms with Crippen LogP contribution in [0.5, 0.6) is 0 Å². The van der Waals surface area contributed by atoms with Gasteiger partial charge in [0.1, 0.15) is 5.69 Å². The molecule has 0 aliphatic carbocycles. The van der Waals surface area contributed by atoms with Crippen LogP contribution >= 0.6 is 0 Å². The molecule has 1 amide bonds. The number of hydrogen-bond donors (Lipinski definition) is 1. The topological polar surface area (TPSA) is 94.2 Å². The van der Waals surface area contributed by atoms with Crippen LogP contribution in [0.3, 0.4) is 0 Å². The number of carbonyl (C=O) groups is 1. The molecule has 0 bridgehead atoms. The number of aromatic nitrogens is 4. The smallest absolute Gasteiger partial charge is 0.332 e. The number of nitrogens with one attached hydrogen (secondary N) is 1. The van der Waals surface area contributed by atoms with Crippen LogP contribution in [0.2, 0.25) is 0 Å². The summed E-state index contributed by atoms with van der Waals surface area (Å²) in [6, 6.07) is 2.12. The lowest BCUT2D eigenvalue weighted by Crippen LogP contribution is -2.37. The fourth-order valence-electron chi connectivity index (χ4n) is 3.26. The lowest BCUT2D eigenvalue weighted by atomic mass is 10.2. The number of fused-ring (bicyclic) bond motifs is 1. The molecule has 3 rings (SSSR count). The van der Waals surface area contributed by atoms with Crippen LogP contribution in [0.1, 0.15) is 12.8 Å². The SMILES string of the molecule is CN(C)c1c(F)cc(NC(=O)CCCn2cnc3c2c(=O)n(C)c(=O)n3C)cc1F. The van der Waals surface area contributed by atoms with Crippen molar-refractivity contribution in [3.05, 3.63) is 50.9 Å². The van der Waals surface area contributed by atoms with E-state index in [1.165, 1.54) is 44.0 Å². The molecule has 0 saturated carbocycles. The van der Waals surface area contributed by atoms with E-state index in [0.717, 1.165) is 16.7 Å². The maximum atomic E-state index is 14.0. The molecule has 0 spiro atoms. The van der Waals surface area contributed by atoms with Gasteiger partial charge in [-0.2, -0.15) is 0 Å². The summed E-state index contributed by atoms with van der Waals surface area (Å²) in [4.78, 5) is 41.9. The van der Waals surface area contributed by atoms with E-state index >= 15 is 0 Å². The summed E-state index contributed by atoms with van der Waals surface area (Å²) >= 11 is 0. The molecule has 2 aromatic heterocycles. The zero-order valence-corrected chi connectivity index (χ0v) is 17.1. The Hall–Kier alpha value is -3.50. The molecule has 0 unspecified atom stereocenters. The monoisotopic (exact) mass is 420 g/mol. The van der Waals surface area contributed by atoms with E-state index in [-0.39, 0.29) is 29.0 Å². The number of hydrogen-bond acceptors (Lipinski definition) is 5. The minimum Gasteiger partial charge on any atom is -0.373 e. The van der Waals surface area contributed by atoms with Gasteiger partial charge in [-0.1, -0.05) is 0 Å². The Bertz CT molecular complexity index is 1220. The predicted octanol–water partition coefficient (Wildman–Crippen LogP) is 1.20. The Kier molecular flexibility index (Phi) is 5.72. The van der Waals surface area contributed by atoms with Crippen molar-refractivity contribution in [1.29, 1.82) is 0 Å². The third-order valence-electron chi connectivity index (χ3n) is 4.77. The second-order valence-corrected chi connectivity index (χ2v) is 7.15. The van der Waals surface area contributed by atoms with Crippen molar-refractivity contribution in [2.45, 2.75) is 19.4 Å². The van der Waals surface area contributed by atoms with E-state index < -0.39 is 28.8 Å². The number of amides is 1. The molecule has 11 heteroatoms. The predicted molar refractivity (Wildman–Crippen MR) is 109 cm³/mol. The van der Waals surface area contributed by atoms with E-state index in [2.05, 4.69) is 10.3 Å². The first-order chi connectivity index (χ1) is 14.1. The molecule has 1 N–H and O–H groups in total. The quantitative estimate of drug-likeness (QED) is 0.647. The number of halogens is 2. The first kappa shape index (κ1) is 21.2. The van der Waals surface area contributed by atoms with Crippen molar-refractivity contribution in [3.63, 3.8) is 0 Å². The summed E-state index contributed by atoms with van der Waals surface area (Å²) in [6.07, 6.45) is 1.85. The molecule has 0 radical (unpaired) electrons. The van der Waals surface area contributed by atoms with Crippen LogP contribution in [0.4, 0.5) is 20.2 Å². The minimum atomic E-state index is -0.776. The van der Waals surface area contributed by atoms with Crippen LogP contribution in [-0.4, -0.2) is 38.7 Å². The average molecular weight is 420 g/mol. The minimum absolute atomic E-state index is 0.0255. The summed E-state index contributed by atoms with van der Waals surface area (Å²) in [5, 5.41) is 2.47. The third-order valence-corrected chi connectivity index (χ3v) is 4.77. The Balaban J connectivity index is 1.69. The van der Waals surface area contributed by atoms with E-state index in [0.29, 0.717) is 13.0 Å². The number of benzene rings is 1. The summed E-state index contributed by atoms with van der Waals surface area (Å²) in [7, 11) is 5.94. The summed E-state index contributed by atoms with van der Waals surface area (Å²) < 4.78 is 31.9. The highest BCUT2D eigenvalue weighted by molar-refractivity contribution is 5.91. The Morgan fingerprint density at radius 2 is 1.77 bits per heavy atom. The number of anilines is 2. The molecule has 0 atom stereocenters. The molecule has 0 saturated heterocycles.